The van der Waals surface area contributed by atoms with Crippen molar-refractivity contribution in [1.82, 2.24) is 4.31 Å². The van der Waals surface area contributed by atoms with Gasteiger partial charge >= 0.3 is 0 Å². The second kappa shape index (κ2) is 7.09. The Kier molecular flexibility index (Phi) is 5.11. The zero-order chi connectivity index (χ0) is 16.3. The van der Waals surface area contributed by atoms with Gasteiger partial charge in [-0.1, -0.05) is 18.2 Å². The van der Waals surface area contributed by atoms with Crippen LogP contribution in [0.25, 0.3) is 0 Å². The third-order valence-corrected chi connectivity index (χ3v) is 6.95. The molecule has 1 aromatic carbocycles. The van der Waals surface area contributed by atoms with Crippen LogP contribution >= 0.6 is 11.3 Å². The van der Waals surface area contributed by atoms with Gasteiger partial charge in [0, 0.05) is 19.7 Å². The Morgan fingerprint density at radius 2 is 2.17 bits per heavy atom. The van der Waals surface area contributed by atoms with E-state index in [1.807, 2.05) is 0 Å². The fraction of sp³-hybridized carbons (Fsp3) is 0.375. The number of ether oxygens (including phenoxy) is 1. The van der Waals surface area contributed by atoms with Crippen molar-refractivity contribution in [2.75, 3.05) is 13.2 Å². The van der Waals surface area contributed by atoms with E-state index >= 15 is 0 Å². The Bertz CT molecular complexity index is 740. The van der Waals surface area contributed by atoms with Gasteiger partial charge in [-0.15, -0.1) is 11.3 Å². The van der Waals surface area contributed by atoms with Crippen LogP contribution in [0.4, 0.5) is 4.39 Å². The second-order valence-corrected chi connectivity index (χ2v) is 8.61. The van der Waals surface area contributed by atoms with Gasteiger partial charge in [-0.25, -0.2) is 12.8 Å². The Morgan fingerprint density at radius 3 is 2.83 bits per heavy atom. The first kappa shape index (κ1) is 16.6. The van der Waals surface area contributed by atoms with Crippen LogP contribution < -0.4 is 0 Å². The monoisotopic (exact) mass is 355 g/mol. The van der Waals surface area contributed by atoms with Crippen molar-refractivity contribution in [2.45, 2.75) is 29.7 Å². The molecule has 1 atom stereocenters. The summed E-state index contributed by atoms with van der Waals surface area (Å²) in [7, 11) is -3.61. The summed E-state index contributed by atoms with van der Waals surface area (Å²) in [6.45, 7) is 1.09. The van der Waals surface area contributed by atoms with Gasteiger partial charge in [0.15, 0.2) is 0 Å². The summed E-state index contributed by atoms with van der Waals surface area (Å²) in [6, 6.07) is 9.34. The van der Waals surface area contributed by atoms with E-state index < -0.39 is 10.0 Å². The Balaban J connectivity index is 1.86. The first-order valence-corrected chi connectivity index (χ1v) is 9.77. The summed E-state index contributed by atoms with van der Waals surface area (Å²) in [5.41, 5.74) is 0.628. The molecule has 0 radical (unpaired) electrons. The van der Waals surface area contributed by atoms with Crippen molar-refractivity contribution in [3.8, 4) is 0 Å². The second-order valence-electron chi connectivity index (χ2n) is 5.49. The molecule has 0 bridgehead atoms. The van der Waals surface area contributed by atoms with Crippen molar-refractivity contribution in [3.05, 3.63) is 53.2 Å². The standard InChI is InChI=1S/C16H18FNO3S2/c17-14-5-1-4-13(10-14)11-18(12-15-6-2-8-21-15)23(19,20)16-7-3-9-22-16/h1,3-5,7,9-10,15H,2,6,8,11-12H2. The minimum atomic E-state index is -3.61. The van der Waals surface area contributed by atoms with Crippen LogP contribution in [0.5, 0.6) is 0 Å². The molecule has 2 heterocycles. The topological polar surface area (TPSA) is 46.6 Å². The SMILES string of the molecule is O=S(=O)(c1cccs1)N(Cc1cccc(F)c1)CC1CCCO1. The lowest BCUT2D eigenvalue weighted by molar-refractivity contribution is 0.0926. The molecule has 0 aliphatic carbocycles. The van der Waals surface area contributed by atoms with Crippen LogP contribution in [0, 0.1) is 5.82 Å². The van der Waals surface area contributed by atoms with Crippen molar-refractivity contribution in [1.29, 1.82) is 0 Å². The van der Waals surface area contributed by atoms with Crippen LogP contribution in [-0.4, -0.2) is 32.0 Å². The van der Waals surface area contributed by atoms with Crippen LogP contribution in [0.15, 0.2) is 46.0 Å². The highest BCUT2D eigenvalue weighted by molar-refractivity contribution is 7.91. The number of thiophene rings is 1. The number of hydrogen-bond acceptors (Lipinski definition) is 4. The van der Waals surface area contributed by atoms with E-state index in [4.69, 9.17) is 4.74 Å². The van der Waals surface area contributed by atoms with E-state index in [1.165, 1.54) is 27.8 Å². The van der Waals surface area contributed by atoms with E-state index in [9.17, 15) is 12.8 Å². The molecule has 3 rings (SSSR count). The highest BCUT2D eigenvalue weighted by Crippen LogP contribution is 2.25. The molecule has 0 N–H and O–H groups in total. The van der Waals surface area contributed by atoms with Gasteiger partial charge in [-0.3, -0.25) is 0 Å². The molecule has 1 unspecified atom stereocenters. The van der Waals surface area contributed by atoms with E-state index in [0.717, 1.165) is 12.8 Å². The molecular formula is C16H18FNO3S2. The number of sulfonamides is 1. The highest BCUT2D eigenvalue weighted by atomic mass is 32.2. The van der Waals surface area contributed by atoms with E-state index in [-0.39, 0.29) is 25.0 Å². The molecule has 7 heteroatoms. The molecule has 0 saturated carbocycles. The molecule has 1 aliphatic heterocycles. The molecule has 1 saturated heterocycles. The van der Waals surface area contributed by atoms with Crippen LogP contribution in [-0.2, 0) is 21.3 Å². The first-order chi connectivity index (χ1) is 11.1. The predicted octanol–water partition coefficient (Wildman–Crippen LogP) is 3.26. The van der Waals surface area contributed by atoms with Crippen molar-refractivity contribution >= 4 is 21.4 Å². The number of nitrogens with zero attached hydrogens (tertiary/aromatic N) is 1. The van der Waals surface area contributed by atoms with Crippen LogP contribution in [0.3, 0.4) is 0 Å². The van der Waals surface area contributed by atoms with Gasteiger partial charge in [-0.05, 0) is 42.0 Å². The van der Waals surface area contributed by atoms with Crippen molar-refractivity contribution in [3.63, 3.8) is 0 Å². The van der Waals surface area contributed by atoms with Gasteiger partial charge in [-0.2, -0.15) is 4.31 Å². The third kappa shape index (κ3) is 3.98. The largest absolute Gasteiger partial charge is 0.377 e. The molecule has 23 heavy (non-hydrogen) atoms. The Labute approximate surface area is 139 Å². The molecule has 0 amide bonds. The number of rotatable bonds is 6. The summed E-state index contributed by atoms with van der Waals surface area (Å²) in [5.74, 6) is -0.368. The van der Waals surface area contributed by atoms with Crippen molar-refractivity contribution in [2.24, 2.45) is 0 Å². The van der Waals surface area contributed by atoms with E-state index in [1.54, 1.807) is 29.6 Å². The summed E-state index contributed by atoms with van der Waals surface area (Å²) in [4.78, 5) is 0. The quantitative estimate of drug-likeness (QED) is 0.799. The third-order valence-electron chi connectivity index (χ3n) is 3.77. The summed E-state index contributed by atoms with van der Waals surface area (Å²) < 4.78 is 46.4. The van der Waals surface area contributed by atoms with Crippen molar-refractivity contribution < 1.29 is 17.5 Å². The van der Waals surface area contributed by atoms with Gasteiger partial charge in [0.25, 0.3) is 10.0 Å². The molecule has 1 fully saturated rings. The smallest absolute Gasteiger partial charge is 0.252 e. The van der Waals surface area contributed by atoms with E-state index in [0.29, 0.717) is 16.4 Å². The van der Waals surface area contributed by atoms with Gasteiger partial charge < -0.3 is 4.74 Å². The molecule has 0 spiro atoms. The fourth-order valence-corrected chi connectivity index (χ4v) is 5.24. The predicted molar refractivity (Wildman–Crippen MR) is 87.3 cm³/mol. The number of halogens is 1. The maximum absolute atomic E-state index is 13.4. The lowest BCUT2D eigenvalue weighted by Gasteiger charge is -2.24. The van der Waals surface area contributed by atoms with Gasteiger partial charge in [0.05, 0.1) is 6.10 Å². The Morgan fingerprint density at radius 1 is 1.30 bits per heavy atom. The van der Waals surface area contributed by atoms with E-state index in [2.05, 4.69) is 0 Å². The first-order valence-electron chi connectivity index (χ1n) is 7.45. The summed E-state index contributed by atoms with van der Waals surface area (Å²) >= 11 is 1.19. The van der Waals surface area contributed by atoms with Gasteiger partial charge in [0.2, 0.25) is 0 Å². The molecule has 1 aromatic heterocycles. The van der Waals surface area contributed by atoms with Gasteiger partial charge in [0.1, 0.15) is 10.0 Å². The molecular weight excluding hydrogens is 337 g/mol. The minimum absolute atomic E-state index is 0.0988. The molecule has 4 nitrogen and oxygen atoms in total. The lowest BCUT2D eigenvalue weighted by atomic mass is 10.2. The molecule has 2 aromatic rings. The zero-order valence-corrected chi connectivity index (χ0v) is 14.2. The highest BCUT2D eigenvalue weighted by Gasteiger charge is 2.29. The van der Waals surface area contributed by atoms with Crippen LogP contribution in [0.1, 0.15) is 18.4 Å². The maximum atomic E-state index is 13.4. The average molecular weight is 355 g/mol. The van der Waals surface area contributed by atoms with Crippen LogP contribution in [0.2, 0.25) is 0 Å². The minimum Gasteiger partial charge on any atom is -0.377 e. The zero-order valence-electron chi connectivity index (χ0n) is 12.5. The average Bonchev–Trinajstić information content (AvgIpc) is 3.20. The normalized spacial score (nSPS) is 18.6. The summed E-state index contributed by atoms with van der Waals surface area (Å²) in [5, 5.41) is 1.74. The fourth-order valence-electron chi connectivity index (χ4n) is 2.64. The maximum Gasteiger partial charge on any atom is 0.252 e. The molecule has 124 valence electrons. The number of hydrogen-bond donors (Lipinski definition) is 0. The molecule has 1 aliphatic rings. The lowest BCUT2D eigenvalue weighted by Crippen LogP contribution is -2.36. The Hall–Kier alpha value is -1.28. The summed E-state index contributed by atoms with van der Waals surface area (Å²) in [6.07, 6.45) is 1.69. The number of benzene rings is 1.